The van der Waals surface area contributed by atoms with Crippen molar-refractivity contribution in [2.24, 2.45) is 5.73 Å². The third-order valence-electron chi connectivity index (χ3n) is 3.32. The number of aliphatic carboxylic acids is 1. The molecule has 0 aliphatic rings. The summed E-state index contributed by atoms with van der Waals surface area (Å²) in [6.07, 6.45) is 0.413. The average molecular weight is 325 g/mol. The predicted octanol–water partition coefficient (Wildman–Crippen LogP) is 0.432. The lowest BCUT2D eigenvalue weighted by molar-refractivity contribution is -0.138. The molecule has 0 spiro atoms. The van der Waals surface area contributed by atoms with Gasteiger partial charge in [-0.25, -0.2) is 13.1 Å². The van der Waals surface area contributed by atoms with E-state index in [1.54, 1.807) is 0 Å². The molecular formula is C14H19N3O4S. The quantitative estimate of drug-likeness (QED) is 0.560. The molecule has 1 aromatic carbocycles. The normalized spacial score (nSPS) is 13.3. The number of nitrogens with one attached hydrogen (secondary N) is 2. The molecule has 1 unspecified atom stereocenters. The maximum Gasteiger partial charge on any atom is 0.320 e. The zero-order valence-electron chi connectivity index (χ0n) is 12.0. The van der Waals surface area contributed by atoms with Gasteiger partial charge < -0.3 is 15.8 Å². The maximum absolute atomic E-state index is 11.8. The van der Waals surface area contributed by atoms with Gasteiger partial charge >= 0.3 is 5.97 Å². The molecule has 1 atom stereocenters. The first-order valence-electron chi connectivity index (χ1n) is 6.90. The lowest BCUT2D eigenvalue weighted by atomic mass is 10.2. The van der Waals surface area contributed by atoms with Crippen LogP contribution in [-0.4, -0.2) is 42.8 Å². The topological polar surface area (TPSA) is 125 Å². The van der Waals surface area contributed by atoms with Crippen LogP contribution in [0.2, 0.25) is 0 Å². The van der Waals surface area contributed by atoms with Crippen molar-refractivity contribution in [1.82, 2.24) is 9.71 Å². The minimum atomic E-state index is -3.52. The van der Waals surface area contributed by atoms with Gasteiger partial charge in [0.15, 0.2) is 0 Å². The number of rotatable bonds is 8. The number of aromatic amines is 1. The molecule has 2 rings (SSSR count). The van der Waals surface area contributed by atoms with Gasteiger partial charge in [0.05, 0.1) is 5.75 Å². The summed E-state index contributed by atoms with van der Waals surface area (Å²) in [5, 5.41) is 9.70. The van der Waals surface area contributed by atoms with Gasteiger partial charge in [-0.1, -0.05) is 18.2 Å². The van der Waals surface area contributed by atoms with Crippen LogP contribution in [0.4, 0.5) is 0 Å². The van der Waals surface area contributed by atoms with E-state index < -0.39 is 22.0 Å². The van der Waals surface area contributed by atoms with E-state index in [1.165, 1.54) is 0 Å². The minimum absolute atomic E-state index is 0.114. The molecule has 1 heterocycles. The van der Waals surface area contributed by atoms with Crippen molar-refractivity contribution >= 4 is 26.9 Å². The monoisotopic (exact) mass is 325 g/mol. The van der Waals surface area contributed by atoms with Crippen LogP contribution in [0.15, 0.2) is 30.3 Å². The van der Waals surface area contributed by atoms with Crippen LogP contribution < -0.4 is 10.5 Å². The molecule has 0 fully saturated rings. The number of fused-ring (bicyclic) bond motifs is 1. The largest absolute Gasteiger partial charge is 0.480 e. The first-order chi connectivity index (χ1) is 10.4. The Hall–Kier alpha value is -1.90. The Bertz CT molecular complexity index is 721. The average Bonchev–Trinajstić information content (AvgIpc) is 2.87. The van der Waals surface area contributed by atoms with E-state index in [0.29, 0.717) is 6.42 Å². The Balaban J connectivity index is 1.83. The third kappa shape index (κ3) is 4.55. The van der Waals surface area contributed by atoms with E-state index in [2.05, 4.69) is 9.71 Å². The number of carboxylic acids is 1. The molecular weight excluding hydrogens is 306 g/mol. The smallest absolute Gasteiger partial charge is 0.320 e. The summed E-state index contributed by atoms with van der Waals surface area (Å²) in [7, 11) is -3.52. The summed E-state index contributed by atoms with van der Waals surface area (Å²) >= 11 is 0. The molecule has 8 heteroatoms. The fraction of sp³-hybridized carbons (Fsp3) is 0.357. The van der Waals surface area contributed by atoms with E-state index in [1.807, 2.05) is 30.3 Å². The molecule has 0 aliphatic carbocycles. The first-order valence-corrected chi connectivity index (χ1v) is 8.55. The summed E-state index contributed by atoms with van der Waals surface area (Å²) in [5.74, 6) is -1.50. The van der Waals surface area contributed by atoms with Gasteiger partial charge in [-0.3, -0.25) is 4.79 Å². The molecule has 5 N–H and O–H groups in total. The summed E-state index contributed by atoms with van der Waals surface area (Å²) in [5.41, 5.74) is 7.23. The highest BCUT2D eigenvalue weighted by Gasteiger charge is 2.17. The van der Waals surface area contributed by atoms with Crippen LogP contribution in [-0.2, 0) is 21.2 Å². The first kappa shape index (κ1) is 16.5. The maximum atomic E-state index is 11.8. The predicted molar refractivity (Wildman–Crippen MR) is 84.0 cm³/mol. The zero-order valence-corrected chi connectivity index (χ0v) is 12.8. The molecule has 22 heavy (non-hydrogen) atoms. The van der Waals surface area contributed by atoms with Gasteiger partial charge in [0.1, 0.15) is 6.04 Å². The van der Waals surface area contributed by atoms with E-state index in [9.17, 15) is 13.2 Å². The second-order valence-electron chi connectivity index (χ2n) is 5.08. The number of para-hydroxylation sites is 1. The molecule has 0 bridgehead atoms. The van der Waals surface area contributed by atoms with E-state index in [0.717, 1.165) is 16.6 Å². The van der Waals surface area contributed by atoms with Gasteiger partial charge in [0.25, 0.3) is 0 Å². The van der Waals surface area contributed by atoms with Crippen molar-refractivity contribution in [2.45, 2.75) is 18.9 Å². The highest BCUT2D eigenvalue weighted by molar-refractivity contribution is 7.89. The van der Waals surface area contributed by atoms with Crippen LogP contribution in [0, 0.1) is 0 Å². The number of carbonyl (C=O) groups is 1. The van der Waals surface area contributed by atoms with Gasteiger partial charge in [-0.05, 0) is 23.9 Å². The van der Waals surface area contributed by atoms with Crippen LogP contribution in [0.1, 0.15) is 12.1 Å². The number of sulfonamides is 1. The van der Waals surface area contributed by atoms with Crippen molar-refractivity contribution in [3.8, 4) is 0 Å². The Morgan fingerprint density at radius 2 is 2.09 bits per heavy atom. The second kappa shape index (κ2) is 6.91. The zero-order chi connectivity index (χ0) is 16.2. The standard InChI is InChI=1S/C14H19N3O4S/c15-12(14(18)19)6-8-22(20,21)16-7-5-11-9-10-3-1-2-4-13(10)17-11/h1-4,9,12,16-17H,5-8,15H2,(H,18,19). The fourth-order valence-electron chi connectivity index (χ4n) is 2.09. The SMILES string of the molecule is NC(CCS(=O)(=O)NCCc1cc2ccccc2[nH]1)C(=O)O. The number of hydrogen-bond donors (Lipinski definition) is 4. The minimum Gasteiger partial charge on any atom is -0.480 e. The number of nitrogens with two attached hydrogens (primary N) is 1. The molecule has 120 valence electrons. The fourth-order valence-corrected chi connectivity index (χ4v) is 3.21. The van der Waals surface area contributed by atoms with Crippen molar-refractivity contribution < 1.29 is 18.3 Å². The lowest BCUT2D eigenvalue weighted by Gasteiger charge is -2.08. The highest BCUT2D eigenvalue weighted by atomic mass is 32.2. The molecule has 1 aromatic heterocycles. The van der Waals surface area contributed by atoms with Gasteiger partial charge in [0, 0.05) is 24.2 Å². The van der Waals surface area contributed by atoms with Crippen molar-refractivity contribution in [2.75, 3.05) is 12.3 Å². The third-order valence-corrected chi connectivity index (χ3v) is 4.73. The van der Waals surface area contributed by atoms with E-state index in [-0.39, 0.29) is 18.7 Å². The molecule has 0 saturated heterocycles. The van der Waals surface area contributed by atoms with Crippen LogP contribution in [0.3, 0.4) is 0 Å². The van der Waals surface area contributed by atoms with Crippen LogP contribution >= 0.6 is 0 Å². The van der Waals surface area contributed by atoms with Crippen molar-refractivity contribution in [3.05, 3.63) is 36.0 Å². The molecule has 0 aliphatic heterocycles. The number of hydrogen-bond acceptors (Lipinski definition) is 4. The summed E-state index contributed by atoms with van der Waals surface area (Å²) in [4.78, 5) is 13.8. The molecule has 7 nitrogen and oxygen atoms in total. The van der Waals surface area contributed by atoms with Gasteiger partial charge in [-0.2, -0.15) is 0 Å². The number of benzene rings is 1. The summed E-state index contributed by atoms with van der Waals surface area (Å²) in [6, 6.07) is 8.61. The highest BCUT2D eigenvalue weighted by Crippen LogP contribution is 2.14. The Morgan fingerprint density at radius 3 is 2.77 bits per heavy atom. The van der Waals surface area contributed by atoms with Crippen molar-refractivity contribution in [3.63, 3.8) is 0 Å². The van der Waals surface area contributed by atoms with Crippen LogP contribution in [0.5, 0.6) is 0 Å². The molecule has 2 aromatic rings. The summed E-state index contributed by atoms with van der Waals surface area (Å²) in [6.45, 7) is 0.247. The number of carboxylic acid groups (broad SMARTS) is 1. The Labute approximate surface area is 128 Å². The van der Waals surface area contributed by atoms with Crippen molar-refractivity contribution in [1.29, 1.82) is 0 Å². The second-order valence-corrected chi connectivity index (χ2v) is 7.00. The molecule has 0 radical (unpaired) electrons. The summed E-state index contributed by atoms with van der Waals surface area (Å²) < 4.78 is 26.0. The molecule has 0 saturated carbocycles. The van der Waals surface area contributed by atoms with Crippen LogP contribution in [0.25, 0.3) is 10.9 Å². The number of H-pyrrole nitrogens is 1. The Kier molecular flexibility index (Phi) is 5.17. The van der Waals surface area contributed by atoms with E-state index >= 15 is 0 Å². The molecule has 0 amide bonds. The van der Waals surface area contributed by atoms with Gasteiger partial charge in [-0.15, -0.1) is 0 Å². The Morgan fingerprint density at radius 1 is 1.36 bits per heavy atom. The number of aromatic nitrogens is 1. The van der Waals surface area contributed by atoms with E-state index in [4.69, 9.17) is 10.8 Å². The lowest BCUT2D eigenvalue weighted by Crippen LogP contribution is -2.35. The van der Waals surface area contributed by atoms with Gasteiger partial charge in [0.2, 0.25) is 10.0 Å².